The number of ketones is 1. The molecule has 0 unspecified atom stereocenters. The molecule has 0 saturated carbocycles. The van der Waals surface area contributed by atoms with Crippen LogP contribution in [0.25, 0.3) is 5.70 Å². The van der Waals surface area contributed by atoms with Crippen molar-refractivity contribution in [3.8, 4) is 17.2 Å². The fraction of sp³-hybridized carbons (Fsp3) is 0.348. The van der Waals surface area contributed by atoms with Crippen LogP contribution in [0.4, 0.5) is 0 Å². The fourth-order valence-corrected chi connectivity index (χ4v) is 3.60. The fourth-order valence-electron chi connectivity index (χ4n) is 3.37. The van der Waals surface area contributed by atoms with E-state index in [1.54, 1.807) is 26.4 Å². The number of hydrogen-bond donors (Lipinski definition) is 1. The van der Waals surface area contributed by atoms with Gasteiger partial charge in [-0.1, -0.05) is 11.6 Å². The van der Waals surface area contributed by atoms with E-state index >= 15 is 0 Å². The van der Waals surface area contributed by atoms with Crippen LogP contribution in [-0.2, 0) is 11.2 Å². The van der Waals surface area contributed by atoms with Crippen LogP contribution < -0.4 is 19.5 Å². The molecular weight excluding hydrogens is 390 g/mol. The number of methoxy groups -OCH3 is 2. The zero-order valence-electron chi connectivity index (χ0n) is 17.0. The number of benzene rings is 2. The first-order valence-electron chi connectivity index (χ1n) is 9.64. The van der Waals surface area contributed by atoms with E-state index in [4.69, 9.17) is 25.8 Å². The molecule has 1 aliphatic heterocycles. The van der Waals surface area contributed by atoms with Crippen LogP contribution in [0.2, 0.25) is 5.02 Å². The Morgan fingerprint density at radius 3 is 2.62 bits per heavy atom. The van der Waals surface area contributed by atoms with Crippen LogP contribution in [0.1, 0.15) is 29.5 Å². The van der Waals surface area contributed by atoms with Gasteiger partial charge in [0.1, 0.15) is 5.75 Å². The Bertz CT molecular complexity index is 923. The Morgan fingerprint density at radius 1 is 1.14 bits per heavy atom. The lowest BCUT2D eigenvalue weighted by molar-refractivity contribution is -0.114. The van der Waals surface area contributed by atoms with Gasteiger partial charge in [-0.3, -0.25) is 4.79 Å². The number of rotatable bonds is 8. The second kappa shape index (κ2) is 9.70. The average molecular weight is 416 g/mol. The molecule has 5 nitrogen and oxygen atoms in total. The third kappa shape index (κ3) is 5.24. The van der Waals surface area contributed by atoms with Crippen LogP contribution in [0.3, 0.4) is 0 Å². The summed E-state index contributed by atoms with van der Waals surface area (Å²) in [7, 11) is 3.23. The molecule has 0 spiro atoms. The molecular formula is C23H26ClNO4. The number of allylic oxidation sites excluding steroid dienone is 1. The summed E-state index contributed by atoms with van der Waals surface area (Å²) in [5.74, 6) is 2.21. The quantitative estimate of drug-likeness (QED) is 0.505. The number of ether oxygens (including phenoxy) is 3. The maximum absolute atomic E-state index is 12.5. The Morgan fingerprint density at radius 2 is 1.90 bits per heavy atom. The summed E-state index contributed by atoms with van der Waals surface area (Å²) < 4.78 is 16.6. The summed E-state index contributed by atoms with van der Waals surface area (Å²) in [5.41, 5.74) is 3.93. The van der Waals surface area contributed by atoms with Crippen molar-refractivity contribution in [2.24, 2.45) is 0 Å². The van der Waals surface area contributed by atoms with Crippen molar-refractivity contribution in [1.82, 2.24) is 5.32 Å². The number of aryl methyl sites for hydroxylation is 1. The van der Waals surface area contributed by atoms with E-state index < -0.39 is 0 Å². The second-order valence-corrected chi connectivity index (χ2v) is 7.36. The van der Waals surface area contributed by atoms with Crippen LogP contribution in [0.5, 0.6) is 17.2 Å². The van der Waals surface area contributed by atoms with Crippen molar-refractivity contribution in [1.29, 1.82) is 0 Å². The Kier molecular flexibility index (Phi) is 7.04. The molecule has 0 saturated heterocycles. The van der Waals surface area contributed by atoms with E-state index in [2.05, 4.69) is 5.32 Å². The number of carbonyl (C=O) groups is 1. The van der Waals surface area contributed by atoms with Gasteiger partial charge in [0.25, 0.3) is 0 Å². The Balaban J connectivity index is 1.61. The SMILES string of the molecule is COc1cc2c(cc1OC)C(=CC(=O)CCCOc1ccc(Cl)cc1C)NCC2. The summed E-state index contributed by atoms with van der Waals surface area (Å²) in [6.07, 6.45) is 3.61. The molecule has 0 fully saturated rings. The van der Waals surface area contributed by atoms with Crippen molar-refractivity contribution in [3.05, 3.63) is 58.1 Å². The number of carbonyl (C=O) groups excluding carboxylic acids is 1. The standard InChI is InChI=1S/C23H26ClNO4/c1-15-11-17(24)6-7-21(15)29-10-4-5-18(26)13-20-19-14-23(28-3)22(27-2)12-16(19)8-9-25-20/h6-7,11-14,25H,4-5,8-10H2,1-3H3. The van der Waals surface area contributed by atoms with Gasteiger partial charge >= 0.3 is 0 Å². The second-order valence-electron chi connectivity index (χ2n) is 6.93. The maximum atomic E-state index is 12.5. The molecule has 2 aromatic rings. The lowest BCUT2D eigenvalue weighted by Gasteiger charge is -2.23. The number of nitrogens with one attached hydrogen (secondary N) is 1. The summed E-state index contributed by atoms with van der Waals surface area (Å²) >= 11 is 5.96. The molecule has 0 atom stereocenters. The third-order valence-corrected chi connectivity index (χ3v) is 5.11. The topological polar surface area (TPSA) is 56.8 Å². The van der Waals surface area contributed by atoms with Gasteiger partial charge in [0.2, 0.25) is 0 Å². The van der Waals surface area contributed by atoms with Gasteiger partial charge in [0.05, 0.1) is 20.8 Å². The Hall–Kier alpha value is -2.66. The smallest absolute Gasteiger partial charge is 0.161 e. The van der Waals surface area contributed by atoms with E-state index in [9.17, 15) is 4.79 Å². The minimum atomic E-state index is 0.0616. The molecule has 29 heavy (non-hydrogen) atoms. The lowest BCUT2D eigenvalue weighted by Crippen LogP contribution is -2.23. The van der Waals surface area contributed by atoms with Crippen LogP contribution in [0, 0.1) is 6.92 Å². The van der Waals surface area contributed by atoms with Gasteiger partial charge in [-0.15, -0.1) is 0 Å². The first kappa shape index (κ1) is 21.1. The van der Waals surface area contributed by atoms with Crippen LogP contribution in [-0.4, -0.2) is 33.2 Å². The highest BCUT2D eigenvalue weighted by Gasteiger charge is 2.18. The van der Waals surface area contributed by atoms with Gasteiger partial charge in [0, 0.05) is 35.3 Å². The first-order chi connectivity index (χ1) is 14.0. The number of fused-ring (bicyclic) bond motifs is 1. The van der Waals surface area contributed by atoms with Crippen molar-refractivity contribution < 1.29 is 19.0 Å². The van der Waals surface area contributed by atoms with Gasteiger partial charge in [0.15, 0.2) is 17.3 Å². The molecule has 0 radical (unpaired) electrons. The first-order valence-corrected chi connectivity index (χ1v) is 10.0. The third-order valence-electron chi connectivity index (χ3n) is 4.88. The van der Waals surface area contributed by atoms with Gasteiger partial charge in [-0.05, 0) is 61.2 Å². The summed E-state index contributed by atoms with van der Waals surface area (Å²) in [6.45, 7) is 3.21. The van der Waals surface area contributed by atoms with Crippen LogP contribution in [0.15, 0.2) is 36.4 Å². The Labute approximate surface area is 176 Å². The maximum Gasteiger partial charge on any atom is 0.161 e. The normalized spacial score (nSPS) is 14.1. The zero-order valence-corrected chi connectivity index (χ0v) is 17.8. The van der Waals surface area contributed by atoms with Crippen LogP contribution >= 0.6 is 11.6 Å². The number of hydrogen-bond acceptors (Lipinski definition) is 5. The van der Waals surface area contributed by atoms with E-state index in [1.807, 2.05) is 31.2 Å². The highest BCUT2D eigenvalue weighted by Crippen LogP contribution is 2.34. The molecule has 0 aromatic heterocycles. The summed E-state index contributed by atoms with van der Waals surface area (Å²) in [4.78, 5) is 12.5. The molecule has 1 heterocycles. The largest absolute Gasteiger partial charge is 0.493 e. The van der Waals surface area contributed by atoms with Gasteiger partial charge < -0.3 is 19.5 Å². The predicted octanol–water partition coefficient (Wildman–Crippen LogP) is 4.58. The molecule has 0 aliphatic carbocycles. The van der Waals surface area contributed by atoms with Crippen molar-refractivity contribution in [3.63, 3.8) is 0 Å². The zero-order chi connectivity index (χ0) is 20.8. The predicted molar refractivity (Wildman–Crippen MR) is 115 cm³/mol. The molecule has 1 N–H and O–H groups in total. The minimum absolute atomic E-state index is 0.0616. The summed E-state index contributed by atoms with van der Waals surface area (Å²) in [6, 6.07) is 9.42. The van der Waals surface area contributed by atoms with Gasteiger partial charge in [-0.25, -0.2) is 0 Å². The van der Waals surface area contributed by atoms with Crippen molar-refractivity contribution in [2.75, 3.05) is 27.4 Å². The highest BCUT2D eigenvalue weighted by atomic mass is 35.5. The molecule has 1 aliphatic rings. The average Bonchev–Trinajstić information content (AvgIpc) is 2.71. The molecule has 0 amide bonds. The monoisotopic (exact) mass is 415 g/mol. The van der Waals surface area contributed by atoms with Crippen molar-refractivity contribution >= 4 is 23.1 Å². The lowest BCUT2D eigenvalue weighted by atomic mass is 9.96. The van der Waals surface area contributed by atoms with Crippen molar-refractivity contribution in [2.45, 2.75) is 26.2 Å². The summed E-state index contributed by atoms with van der Waals surface area (Å²) in [5, 5.41) is 4.01. The molecule has 0 bridgehead atoms. The molecule has 6 heteroatoms. The van der Waals surface area contributed by atoms with Gasteiger partial charge in [-0.2, -0.15) is 0 Å². The minimum Gasteiger partial charge on any atom is -0.493 e. The van der Waals surface area contributed by atoms with E-state index in [0.29, 0.717) is 36.0 Å². The van der Waals surface area contributed by atoms with E-state index in [0.717, 1.165) is 41.1 Å². The molecule has 3 rings (SSSR count). The molecule has 154 valence electrons. The highest BCUT2D eigenvalue weighted by molar-refractivity contribution is 6.30. The van der Waals surface area contributed by atoms with E-state index in [-0.39, 0.29) is 5.78 Å². The number of halogens is 1. The molecule has 2 aromatic carbocycles. The van der Waals surface area contributed by atoms with E-state index in [1.165, 1.54) is 0 Å².